The van der Waals surface area contributed by atoms with E-state index in [-0.39, 0.29) is 19.1 Å². The molecule has 0 aliphatic carbocycles. The van der Waals surface area contributed by atoms with Gasteiger partial charge in [-0.1, -0.05) is 29.8 Å². The second-order valence-corrected chi connectivity index (χ2v) is 7.25. The van der Waals surface area contributed by atoms with Crippen LogP contribution >= 0.6 is 22.9 Å². The van der Waals surface area contributed by atoms with Crippen molar-refractivity contribution in [1.29, 1.82) is 0 Å². The van der Waals surface area contributed by atoms with Crippen LogP contribution in [0.2, 0.25) is 5.02 Å². The molecule has 3 aromatic rings. The van der Waals surface area contributed by atoms with Crippen LogP contribution in [0.15, 0.2) is 66.0 Å². The monoisotopic (exact) mass is 429 g/mol. The lowest BCUT2D eigenvalue weighted by atomic mass is 10.1. The van der Waals surface area contributed by atoms with E-state index >= 15 is 0 Å². The number of esters is 2. The Morgan fingerprint density at radius 1 is 0.966 bits per heavy atom. The lowest BCUT2D eigenvalue weighted by molar-refractivity contribution is -0.143. The van der Waals surface area contributed by atoms with Gasteiger partial charge >= 0.3 is 11.9 Å². The second-order valence-electron chi connectivity index (χ2n) is 5.86. The van der Waals surface area contributed by atoms with Gasteiger partial charge in [0.05, 0.1) is 10.4 Å². The molecule has 0 spiro atoms. The summed E-state index contributed by atoms with van der Waals surface area (Å²) in [4.78, 5) is 36.2. The van der Waals surface area contributed by atoms with Gasteiger partial charge in [0, 0.05) is 5.02 Å². The molecule has 0 saturated heterocycles. The van der Waals surface area contributed by atoms with Gasteiger partial charge in [0.15, 0.2) is 0 Å². The minimum Gasteiger partial charge on any atom is -0.460 e. The molecule has 0 aliphatic rings. The summed E-state index contributed by atoms with van der Waals surface area (Å²) in [5.41, 5.74) is 1.06. The average Bonchev–Trinajstić information content (AvgIpc) is 3.27. The van der Waals surface area contributed by atoms with Crippen LogP contribution in [0.1, 0.15) is 25.6 Å². The summed E-state index contributed by atoms with van der Waals surface area (Å²) in [7, 11) is 0. The SMILES string of the molecule is O=C(CNC(=O)c1cccs1)OCc1ccc(C(=O)Oc2ccc(Cl)cc2)cc1. The Morgan fingerprint density at radius 2 is 1.69 bits per heavy atom. The highest BCUT2D eigenvalue weighted by Gasteiger charge is 2.11. The maximum Gasteiger partial charge on any atom is 0.343 e. The Balaban J connectivity index is 1.45. The third kappa shape index (κ3) is 6.17. The number of halogens is 1. The molecular formula is C21H16ClNO5S. The van der Waals surface area contributed by atoms with Gasteiger partial charge in [-0.3, -0.25) is 9.59 Å². The predicted molar refractivity (Wildman–Crippen MR) is 109 cm³/mol. The summed E-state index contributed by atoms with van der Waals surface area (Å²) < 4.78 is 10.4. The molecule has 1 amide bonds. The highest BCUT2D eigenvalue weighted by molar-refractivity contribution is 7.12. The molecule has 0 atom stereocenters. The van der Waals surface area contributed by atoms with E-state index < -0.39 is 11.9 Å². The van der Waals surface area contributed by atoms with Gasteiger partial charge in [-0.2, -0.15) is 0 Å². The molecule has 1 heterocycles. The van der Waals surface area contributed by atoms with Crippen LogP contribution in [0.4, 0.5) is 0 Å². The molecule has 148 valence electrons. The molecule has 1 N–H and O–H groups in total. The molecule has 1 aromatic heterocycles. The number of nitrogens with one attached hydrogen (secondary N) is 1. The zero-order valence-corrected chi connectivity index (χ0v) is 16.7. The molecule has 2 aromatic carbocycles. The van der Waals surface area contributed by atoms with Crippen LogP contribution in [0.25, 0.3) is 0 Å². The summed E-state index contributed by atoms with van der Waals surface area (Å²) in [5.74, 6) is -0.990. The van der Waals surface area contributed by atoms with E-state index in [4.69, 9.17) is 21.1 Å². The van der Waals surface area contributed by atoms with E-state index in [1.165, 1.54) is 11.3 Å². The molecule has 29 heavy (non-hydrogen) atoms. The lowest BCUT2D eigenvalue weighted by Gasteiger charge is -2.07. The second kappa shape index (κ2) is 9.86. The molecule has 3 rings (SSSR count). The highest BCUT2D eigenvalue weighted by atomic mass is 35.5. The summed E-state index contributed by atoms with van der Waals surface area (Å²) in [6, 6.07) is 16.4. The van der Waals surface area contributed by atoms with Crippen molar-refractivity contribution in [1.82, 2.24) is 5.32 Å². The Kier molecular flexibility index (Phi) is 6.99. The normalized spacial score (nSPS) is 10.2. The Morgan fingerprint density at radius 3 is 2.34 bits per heavy atom. The fraction of sp³-hybridized carbons (Fsp3) is 0.0952. The number of amides is 1. The van der Waals surface area contributed by atoms with Gasteiger partial charge in [0.1, 0.15) is 18.9 Å². The van der Waals surface area contributed by atoms with Crippen LogP contribution in [0.3, 0.4) is 0 Å². The number of carbonyl (C=O) groups is 3. The van der Waals surface area contributed by atoms with Crippen molar-refractivity contribution >= 4 is 40.8 Å². The van der Waals surface area contributed by atoms with Gasteiger partial charge in [0.25, 0.3) is 5.91 Å². The molecular weight excluding hydrogens is 414 g/mol. The first-order valence-electron chi connectivity index (χ1n) is 8.55. The van der Waals surface area contributed by atoms with E-state index in [0.717, 1.165) is 0 Å². The number of ether oxygens (including phenoxy) is 2. The van der Waals surface area contributed by atoms with Crippen molar-refractivity contribution < 1.29 is 23.9 Å². The smallest absolute Gasteiger partial charge is 0.343 e. The molecule has 8 heteroatoms. The third-order valence-electron chi connectivity index (χ3n) is 3.75. The number of hydrogen-bond acceptors (Lipinski definition) is 6. The quantitative estimate of drug-likeness (QED) is 0.451. The van der Waals surface area contributed by atoms with Crippen molar-refractivity contribution in [3.8, 4) is 5.75 Å². The maximum absolute atomic E-state index is 12.1. The van der Waals surface area contributed by atoms with Crippen LogP contribution in [-0.2, 0) is 16.1 Å². The van der Waals surface area contributed by atoms with Crippen molar-refractivity contribution in [2.75, 3.05) is 6.54 Å². The zero-order valence-electron chi connectivity index (χ0n) is 15.1. The van der Waals surface area contributed by atoms with Crippen LogP contribution in [-0.4, -0.2) is 24.4 Å². The number of rotatable bonds is 7. The first-order valence-corrected chi connectivity index (χ1v) is 9.81. The Labute approximate surface area is 176 Å². The van der Waals surface area contributed by atoms with Gasteiger partial charge < -0.3 is 14.8 Å². The molecule has 0 saturated carbocycles. The fourth-order valence-electron chi connectivity index (χ4n) is 2.27. The maximum atomic E-state index is 12.1. The van der Waals surface area contributed by atoms with Crippen LogP contribution in [0, 0.1) is 0 Å². The minimum absolute atomic E-state index is 0.0280. The van der Waals surface area contributed by atoms with Crippen molar-refractivity contribution in [3.63, 3.8) is 0 Å². The topological polar surface area (TPSA) is 81.7 Å². The molecule has 6 nitrogen and oxygen atoms in total. The van der Waals surface area contributed by atoms with E-state index in [1.807, 2.05) is 0 Å². The number of hydrogen-bond donors (Lipinski definition) is 1. The summed E-state index contributed by atoms with van der Waals surface area (Å²) in [6.45, 7) is -0.192. The number of benzene rings is 2. The Bertz CT molecular complexity index is 985. The summed E-state index contributed by atoms with van der Waals surface area (Å²) in [6.07, 6.45) is 0. The van der Waals surface area contributed by atoms with E-state index in [0.29, 0.717) is 26.8 Å². The van der Waals surface area contributed by atoms with Crippen molar-refractivity contribution in [2.24, 2.45) is 0 Å². The molecule has 0 aliphatic heterocycles. The van der Waals surface area contributed by atoms with Gasteiger partial charge in [0.2, 0.25) is 0 Å². The van der Waals surface area contributed by atoms with Crippen molar-refractivity contribution in [3.05, 3.63) is 87.1 Å². The van der Waals surface area contributed by atoms with Crippen LogP contribution in [0.5, 0.6) is 5.75 Å². The van der Waals surface area contributed by atoms with Gasteiger partial charge in [-0.25, -0.2) is 4.79 Å². The van der Waals surface area contributed by atoms with E-state index in [1.54, 1.807) is 66.0 Å². The first-order chi connectivity index (χ1) is 14.0. The molecule has 0 unspecified atom stereocenters. The highest BCUT2D eigenvalue weighted by Crippen LogP contribution is 2.17. The van der Waals surface area contributed by atoms with Gasteiger partial charge in [-0.05, 0) is 53.4 Å². The fourth-order valence-corrected chi connectivity index (χ4v) is 3.03. The molecule has 0 bridgehead atoms. The standard InChI is InChI=1S/C21H16ClNO5S/c22-16-7-9-17(10-8-16)28-21(26)15-5-3-14(4-6-15)13-27-19(24)12-23-20(25)18-2-1-11-29-18/h1-11H,12-13H2,(H,23,25). The number of thiophene rings is 1. The van der Waals surface area contributed by atoms with Crippen molar-refractivity contribution in [2.45, 2.75) is 6.61 Å². The summed E-state index contributed by atoms with van der Waals surface area (Å²) in [5, 5.41) is 4.83. The third-order valence-corrected chi connectivity index (χ3v) is 4.87. The van der Waals surface area contributed by atoms with E-state index in [2.05, 4.69) is 5.32 Å². The lowest BCUT2D eigenvalue weighted by Crippen LogP contribution is -2.30. The summed E-state index contributed by atoms with van der Waals surface area (Å²) >= 11 is 7.09. The van der Waals surface area contributed by atoms with E-state index in [9.17, 15) is 14.4 Å². The Hall–Kier alpha value is -3.16. The molecule has 0 fully saturated rings. The zero-order chi connectivity index (χ0) is 20.6. The van der Waals surface area contributed by atoms with Crippen LogP contribution < -0.4 is 10.1 Å². The first kappa shape index (κ1) is 20.6. The average molecular weight is 430 g/mol. The van der Waals surface area contributed by atoms with Gasteiger partial charge in [-0.15, -0.1) is 11.3 Å². The minimum atomic E-state index is -0.555. The predicted octanol–water partition coefficient (Wildman–Crippen LogP) is 4.09. The molecule has 0 radical (unpaired) electrons. The number of carbonyl (C=O) groups excluding carboxylic acids is 3. The largest absolute Gasteiger partial charge is 0.460 e.